The highest BCUT2D eigenvalue weighted by molar-refractivity contribution is 6.07. The maximum absolute atomic E-state index is 12.1. The van der Waals surface area contributed by atoms with Crippen molar-refractivity contribution in [3.63, 3.8) is 0 Å². The van der Waals surface area contributed by atoms with Crippen molar-refractivity contribution in [2.75, 3.05) is 20.3 Å². The zero-order valence-electron chi connectivity index (χ0n) is 12.1. The Hall–Kier alpha value is -2.57. The van der Waals surface area contributed by atoms with Gasteiger partial charge in [-0.3, -0.25) is 0 Å². The molecule has 0 fully saturated rings. The Morgan fingerprint density at radius 2 is 1.86 bits per heavy atom. The molecular formula is C14H16N2O5. The fourth-order valence-corrected chi connectivity index (χ4v) is 1.90. The minimum Gasteiger partial charge on any atom is -0.497 e. The Morgan fingerprint density at radius 1 is 1.19 bits per heavy atom. The standard InChI is InChI=1S/C14H16N2O5/c1-4-20-13(17)11-10-8-9(19-3)6-7-16(10)15-12(11)14(18)21-5-2/h6-8H,4-5H2,1-3H3. The van der Waals surface area contributed by atoms with Gasteiger partial charge < -0.3 is 14.2 Å². The van der Waals surface area contributed by atoms with E-state index in [1.807, 2.05) is 0 Å². The third-order valence-corrected chi connectivity index (χ3v) is 2.79. The molecule has 0 saturated heterocycles. The summed E-state index contributed by atoms with van der Waals surface area (Å²) in [5.74, 6) is -0.740. The number of hydrogen-bond donors (Lipinski definition) is 0. The summed E-state index contributed by atoms with van der Waals surface area (Å²) in [4.78, 5) is 24.1. The van der Waals surface area contributed by atoms with Crippen LogP contribution in [-0.4, -0.2) is 41.9 Å². The van der Waals surface area contributed by atoms with E-state index >= 15 is 0 Å². The van der Waals surface area contributed by atoms with Crippen molar-refractivity contribution < 1.29 is 23.8 Å². The van der Waals surface area contributed by atoms with E-state index in [-0.39, 0.29) is 24.5 Å². The summed E-state index contributed by atoms with van der Waals surface area (Å²) in [5.41, 5.74) is 0.439. The number of esters is 2. The first kappa shape index (κ1) is 14.8. The molecule has 0 unspecified atom stereocenters. The number of carbonyl (C=O) groups excluding carboxylic acids is 2. The molecule has 0 spiro atoms. The zero-order chi connectivity index (χ0) is 15.4. The molecule has 2 aromatic rings. The lowest BCUT2D eigenvalue weighted by Crippen LogP contribution is -2.13. The molecule has 7 nitrogen and oxygen atoms in total. The van der Waals surface area contributed by atoms with Crippen LogP contribution >= 0.6 is 0 Å². The van der Waals surface area contributed by atoms with E-state index in [1.54, 1.807) is 32.2 Å². The third kappa shape index (κ3) is 2.81. The molecule has 0 saturated carbocycles. The minimum absolute atomic E-state index is 0.0662. The van der Waals surface area contributed by atoms with Gasteiger partial charge in [0, 0.05) is 12.3 Å². The van der Waals surface area contributed by atoms with Crippen molar-refractivity contribution in [3.05, 3.63) is 29.6 Å². The summed E-state index contributed by atoms with van der Waals surface area (Å²) < 4.78 is 16.5. The molecule has 0 aliphatic heterocycles. The van der Waals surface area contributed by atoms with Crippen LogP contribution in [0, 0.1) is 0 Å². The molecule has 0 radical (unpaired) electrons. The van der Waals surface area contributed by atoms with Crippen molar-refractivity contribution >= 4 is 17.5 Å². The van der Waals surface area contributed by atoms with E-state index in [1.165, 1.54) is 11.6 Å². The van der Waals surface area contributed by atoms with Crippen LogP contribution in [0.1, 0.15) is 34.7 Å². The maximum Gasteiger partial charge on any atom is 0.359 e. The zero-order valence-corrected chi connectivity index (χ0v) is 12.1. The van der Waals surface area contributed by atoms with Gasteiger partial charge in [-0.05, 0) is 19.9 Å². The topological polar surface area (TPSA) is 79.1 Å². The maximum atomic E-state index is 12.1. The first-order valence-electron chi connectivity index (χ1n) is 6.53. The molecule has 2 aromatic heterocycles. The normalized spacial score (nSPS) is 10.4. The van der Waals surface area contributed by atoms with E-state index in [2.05, 4.69) is 5.10 Å². The smallest absolute Gasteiger partial charge is 0.359 e. The largest absolute Gasteiger partial charge is 0.497 e. The lowest BCUT2D eigenvalue weighted by Gasteiger charge is -2.03. The summed E-state index contributed by atoms with van der Waals surface area (Å²) >= 11 is 0. The lowest BCUT2D eigenvalue weighted by atomic mass is 10.2. The summed E-state index contributed by atoms with van der Waals surface area (Å²) in [7, 11) is 1.51. The third-order valence-electron chi connectivity index (χ3n) is 2.79. The Morgan fingerprint density at radius 3 is 2.48 bits per heavy atom. The van der Waals surface area contributed by atoms with E-state index in [9.17, 15) is 9.59 Å². The van der Waals surface area contributed by atoms with Gasteiger partial charge in [-0.2, -0.15) is 5.10 Å². The summed E-state index contributed by atoms with van der Waals surface area (Å²) in [5, 5.41) is 4.10. The van der Waals surface area contributed by atoms with Gasteiger partial charge in [0.25, 0.3) is 0 Å². The van der Waals surface area contributed by atoms with Crippen LogP contribution in [0.25, 0.3) is 5.52 Å². The van der Waals surface area contributed by atoms with Crippen LogP contribution in [-0.2, 0) is 9.47 Å². The Balaban J connectivity index is 2.63. The van der Waals surface area contributed by atoms with Crippen molar-refractivity contribution in [1.29, 1.82) is 0 Å². The van der Waals surface area contributed by atoms with E-state index in [4.69, 9.17) is 14.2 Å². The first-order chi connectivity index (χ1) is 10.1. The molecular weight excluding hydrogens is 276 g/mol. The molecule has 2 rings (SSSR count). The van der Waals surface area contributed by atoms with Gasteiger partial charge >= 0.3 is 11.9 Å². The van der Waals surface area contributed by atoms with Crippen LogP contribution in [0.4, 0.5) is 0 Å². The highest BCUT2D eigenvalue weighted by Crippen LogP contribution is 2.22. The Labute approximate surface area is 121 Å². The number of hydrogen-bond acceptors (Lipinski definition) is 6. The number of pyridine rings is 1. The fourth-order valence-electron chi connectivity index (χ4n) is 1.90. The predicted molar refractivity (Wildman–Crippen MR) is 73.7 cm³/mol. The van der Waals surface area contributed by atoms with Gasteiger partial charge in [0.15, 0.2) is 5.69 Å². The number of methoxy groups -OCH3 is 1. The molecule has 0 aliphatic rings. The summed E-state index contributed by atoms with van der Waals surface area (Å²) in [6.07, 6.45) is 1.60. The van der Waals surface area contributed by atoms with Gasteiger partial charge in [-0.15, -0.1) is 0 Å². The molecule has 0 aromatic carbocycles. The number of aromatic nitrogens is 2. The average Bonchev–Trinajstić information content (AvgIpc) is 2.86. The number of fused-ring (bicyclic) bond motifs is 1. The quantitative estimate of drug-likeness (QED) is 0.780. The number of carbonyl (C=O) groups is 2. The van der Waals surface area contributed by atoms with Crippen LogP contribution in [0.2, 0.25) is 0 Å². The highest BCUT2D eigenvalue weighted by Gasteiger charge is 2.27. The second-order valence-electron chi connectivity index (χ2n) is 4.06. The monoisotopic (exact) mass is 292 g/mol. The Kier molecular flexibility index (Phi) is 4.42. The molecule has 0 bridgehead atoms. The first-order valence-corrected chi connectivity index (χ1v) is 6.53. The summed E-state index contributed by atoms with van der Waals surface area (Å²) in [6.45, 7) is 3.76. The van der Waals surface area contributed by atoms with Crippen molar-refractivity contribution in [1.82, 2.24) is 9.61 Å². The highest BCUT2D eigenvalue weighted by atomic mass is 16.5. The second kappa shape index (κ2) is 6.25. The lowest BCUT2D eigenvalue weighted by molar-refractivity contribution is 0.0476. The van der Waals surface area contributed by atoms with Crippen molar-refractivity contribution in [2.45, 2.75) is 13.8 Å². The predicted octanol–water partition coefficient (Wildman–Crippen LogP) is 1.70. The van der Waals surface area contributed by atoms with E-state index in [0.29, 0.717) is 11.3 Å². The fraction of sp³-hybridized carbons (Fsp3) is 0.357. The molecule has 21 heavy (non-hydrogen) atoms. The van der Waals surface area contributed by atoms with Gasteiger partial charge in [-0.25, -0.2) is 14.1 Å². The Bertz CT molecular complexity index is 677. The van der Waals surface area contributed by atoms with Crippen LogP contribution < -0.4 is 4.74 Å². The SMILES string of the molecule is CCOC(=O)c1nn2ccc(OC)cc2c1C(=O)OCC. The molecule has 0 aliphatic carbocycles. The van der Waals surface area contributed by atoms with Crippen molar-refractivity contribution in [2.24, 2.45) is 0 Å². The van der Waals surface area contributed by atoms with Gasteiger partial charge in [0.05, 0.1) is 25.8 Å². The van der Waals surface area contributed by atoms with Crippen molar-refractivity contribution in [3.8, 4) is 5.75 Å². The molecule has 0 atom stereocenters. The number of rotatable bonds is 5. The molecule has 112 valence electrons. The molecule has 7 heteroatoms. The van der Waals surface area contributed by atoms with E-state index in [0.717, 1.165) is 0 Å². The van der Waals surface area contributed by atoms with Gasteiger partial charge in [-0.1, -0.05) is 0 Å². The van der Waals surface area contributed by atoms with Gasteiger partial charge in [0.2, 0.25) is 0 Å². The number of nitrogens with zero attached hydrogens (tertiary/aromatic N) is 2. The minimum atomic E-state index is -0.664. The molecule has 2 heterocycles. The van der Waals surface area contributed by atoms with E-state index < -0.39 is 11.9 Å². The second-order valence-corrected chi connectivity index (χ2v) is 4.06. The van der Waals surface area contributed by atoms with Crippen LogP contribution in [0.15, 0.2) is 18.3 Å². The number of ether oxygens (including phenoxy) is 3. The summed E-state index contributed by atoms with van der Waals surface area (Å²) in [6, 6.07) is 3.28. The average molecular weight is 292 g/mol. The van der Waals surface area contributed by atoms with Gasteiger partial charge in [0.1, 0.15) is 11.3 Å². The molecule has 0 N–H and O–H groups in total. The van der Waals surface area contributed by atoms with Crippen LogP contribution in [0.3, 0.4) is 0 Å². The van der Waals surface area contributed by atoms with Crippen LogP contribution in [0.5, 0.6) is 5.75 Å². The molecule has 0 amide bonds.